The smallest absolute Gasteiger partial charge is 0.162 e. The van der Waals surface area contributed by atoms with Gasteiger partial charge in [-0.05, 0) is 12.1 Å². The second kappa shape index (κ2) is 6.27. The molecule has 4 aromatic heterocycles. The standard InChI is InChI=1S/C19H17N7/c1-2-5-26-18(3-1)16(10-23-26)12-25-6-4-17-15(11-25)9-22-19(24-17)14-7-20-13-21-8-14/h1-3,5,7-10,13H,4,6,11-12H2. The lowest BCUT2D eigenvalue weighted by molar-refractivity contribution is 0.244. The molecule has 0 aromatic carbocycles. The van der Waals surface area contributed by atoms with Crippen molar-refractivity contribution in [1.29, 1.82) is 0 Å². The summed E-state index contributed by atoms with van der Waals surface area (Å²) in [6, 6.07) is 6.15. The second-order valence-corrected chi connectivity index (χ2v) is 6.45. The molecule has 0 unspecified atom stereocenters. The van der Waals surface area contributed by atoms with Crippen LogP contribution >= 0.6 is 0 Å². The highest BCUT2D eigenvalue weighted by Crippen LogP contribution is 2.22. The van der Waals surface area contributed by atoms with Crippen molar-refractivity contribution in [2.24, 2.45) is 0 Å². The van der Waals surface area contributed by atoms with Gasteiger partial charge in [0.1, 0.15) is 6.33 Å². The summed E-state index contributed by atoms with van der Waals surface area (Å²) in [5, 5.41) is 4.43. The van der Waals surface area contributed by atoms with Crippen molar-refractivity contribution < 1.29 is 0 Å². The lowest BCUT2D eigenvalue weighted by Gasteiger charge is -2.27. The molecule has 0 saturated carbocycles. The Kier molecular flexibility index (Phi) is 3.64. The predicted molar refractivity (Wildman–Crippen MR) is 96.1 cm³/mol. The van der Waals surface area contributed by atoms with Crippen LogP contribution in [-0.2, 0) is 19.5 Å². The predicted octanol–water partition coefficient (Wildman–Crippen LogP) is 2.14. The van der Waals surface area contributed by atoms with Crippen LogP contribution < -0.4 is 0 Å². The maximum atomic E-state index is 4.73. The van der Waals surface area contributed by atoms with Gasteiger partial charge >= 0.3 is 0 Å². The fourth-order valence-corrected chi connectivity index (χ4v) is 3.41. The van der Waals surface area contributed by atoms with E-state index in [1.54, 1.807) is 12.4 Å². The molecular formula is C19H17N7. The fourth-order valence-electron chi connectivity index (χ4n) is 3.41. The van der Waals surface area contributed by atoms with E-state index < -0.39 is 0 Å². The van der Waals surface area contributed by atoms with Crippen molar-refractivity contribution in [3.63, 3.8) is 0 Å². The van der Waals surface area contributed by atoms with Gasteiger partial charge < -0.3 is 0 Å². The Morgan fingerprint density at radius 1 is 1.04 bits per heavy atom. The molecule has 0 N–H and O–H groups in total. The van der Waals surface area contributed by atoms with Crippen LogP contribution in [0.15, 0.2) is 55.5 Å². The van der Waals surface area contributed by atoms with Gasteiger partial charge in [-0.25, -0.2) is 24.5 Å². The molecule has 7 heteroatoms. The first kappa shape index (κ1) is 15.1. The molecule has 1 aliphatic rings. The summed E-state index contributed by atoms with van der Waals surface area (Å²) in [6.45, 7) is 2.70. The Labute approximate surface area is 150 Å². The summed E-state index contributed by atoms with van der Waals surface area (Å²) in [6.07, 6.45) is 11.8. The minimum atomic E-state index is 0.695. The molecule has 7 nitrogen and oxygen atoms in total. The zero-order valence-electron chi connectivity index (χ0n) is 14.2. The normalized spacial score (nSPS) is 14.5. The summed E-state index contributed by atoms with van der Waals surface area (Å²) < 4.78 is 1.92. The van der Waals surface area contributed by atoms with Crippen LogP contribution in [-0.4, -0.2) is 41.0 Å². The minimum Gasteiger partial charge on any atom is -0.294 e. The first-order valence-corrected chi connectivity index (χ1v) is 8.60. The van der Waals surface area contributed by atoms with Gasteiger partial charge in [-0.15, -0.1) is 0 Å². The van der Waals surface area contributed by atoms with Crippen molar-refractivity contribution in [2.45, 2.75) is 19.5 Å². The van der Waals surface area contributed by atoms with Gasteiger partial charge in [-0.1, -0.05) is 6.07 Å². The number of pyridine rings is 1. The van der Waals surface area contributed by atoms with E-state index in [0.717, 1.165) is 42.8 Å². The molecule has 0 spiro atoms. The highest BCUT2D eigenvalue weighted by Gasteiger charge is 2.20. The molecule has 5 rings (SSSR count). The number of aromatic nitrogens is 6. The van der Waals surface area contributed by atoms with Crippen LogP contribution in [0.1, 0.15) is 16.8 Å². The Hall–Kier alpha value is -3.19. The van der Waals surface area contributed by atoms with Crippen molar-refractivity contribution in [3.8, 4) is 11.4 Å². The Morgan fingerprint density at radius 2 is 1.96 bits per heavy atom. The van der Waals surface area contributed by atoms with E-state index in [-0.39, 0.29) is 0 Å². The maximum Gasteiger partial charge on any atom is 0.162 e. The van der Waals surface area contributed by atoms with Crippen LogP contribution in [0.3, 0.4) is 0 Å². The van der Waals surface area contributed by atoms with Gasteiger partial charge in [0, 0.05) is 62.0 Å². The number of hydrogen-bond acceptors (Lipinski definition) is 6. The van der Waals surface area contributed by atoms with Gasteiger partial charge in [0.05, 0.1) is 23.0 Å². The molecule has 4 aromatic rings. The van der Waals surface area contributed by atoms with E-state index in [4.69, 9.17) is 4.98 Å². The highest BCUT2D eigenvalue weighted by molar-refractivity contribution is 5.53. The van der Waals surface area contributed by atoms with Crippen molar-refractivity contribution in [3.05, 3.63) is 72.3 Å². The Bertz CT molecular complexity index is 1060. The molecule has 0 amide bonds. The average molecular weight is 343 g/mol. The molecule has 5 heterocycles. The summed E-state index contributed by atoms with van der Waals surface area (Å²) >= 11 is 0. The van der Waals surface area contributed by atoms with E-state index in [0.29, 0.717) is 5.82 Å². The van der Waals surface area contributed by atoms with Crippen molar-refractivity contribution in [1.82, 2.24) is 34.4 Å². The molecule has 0 radical (unpaired) electrons. The lowest BCUT2D eigenvalue weighted by Crippen LogP contribution is -2.30. The molecule has 128 valence electrons. The monoisotopic (exact) mass is 343 g/mol. The molecule has 0 fully saturated rings. The van der Waals surface area contributed by atoms with Crippen LogP contribution in [0.4, 0.5) is 0 Å². The molecule has 0 aliphatic carbocycles. The van der Waals surface area contributed by atoms with E-state index in [1.807, 2.05) is 29.2 Å². The van der Waals surface area contributed by atoms with E-state index in [2.05, 4.69) is 37.1 Å². The van der Waals surface area contributed by atoms with E-state index >= 15 is 0 Å². The van der Waals surface area contributed by atoms with Crippen LogP contribution in [0.5, 0.6) is 0 Å². The SMILES string of the molecule is c1ccn2ncc(CN3CCc4nc(-c5cncnc5)ncc4C3)c2c1. The van der Waals surface area contributed by atoms with E-state index in [9.17, 15) is 0 Å². The van der Waals surface area contributed by atoms with Crippen molar-refractivity contribution in [2.75, 3.05) is 6.54 Å². The summed E-state index contributed by atoms with van der Waals surface area (Å²) in [7, 11) is 0. The third kappa shape index (κ3) is 2.72. The molecule has 1 aliphatic heterocycles. The number of rotatable bonds is 3. The number of hydrogen-bond donors (Lipinski definition) is 0. The average Bonchev–Trinajstić information content (AvgIpc) is 3.11. The summed E-state index contributed by atoms with van der Waals surface area (Å²) in [5.41, 5.74) is 5.56. The van der Waals surface area contributed by atoms with Gasteiger partial charge in [0.2, 0.25) is 0 Å². The largest absolute Gasteiger partial charge is 0.294 e. The van der Waals surface area contributed by atoms with Gasteiger partial charge in [0.25, 0.3) is 0 Å². The zero-order chi connectivity index (χ0) is 17.3. The molecule has 26 heavy (non-hydrogen) atoms. The topological polar surface area (TPSA) is 72.1 Å². The molecule has 0 bridgehead atoms. The van der Waals surface area contributed by atoms with Crippen LogP contribution in [0.2, 0.25) is 0 Å². The minimum absolute atomic E-state index is 0.695. The quantitative estimate of drug-likeness (QED) is 0.567. The fraction of sp³-hybridized carbons (Fsp3) is 0.211. The summed E-state index contributed by atoms with van der Waals surface area (Å²) in [4.78, 5) is 19.7. The number of nitrogens with zero attached hydrogens (tertiary/aromatic N) is 7. The Morgan fingerprint density at radius 3 is 2.88 bits per heavy atom. The maximum absolute atomic E-state index is 4.73. The Balaban J connectivity index is 1.37. The highest BCUT2D eigenvalue weighted by atomic mass is 15.2. The first-order chi connectivity index (χ1) is 12.9. The third-order valence-electron chi connectivity index (χ3n) is 4.73. The summed E-state index contributed by atoms with van der Waals surface area (Å²) in [5.74, 6) is 0.695. The van der Waals surface area contributed by atoms with Crippen molar-refractivity contribution >= 4 is 5.52 Å². The van der Waals surface area contributed by atoms with Crippen LogP contribution in [0, 0.1) is 0 Å². The van der Waals surface area contributed by atoms with Crippen LogP contribution in [0.25, 0.3) is 16.9 Å². The molecule has 0 atom stereocenters. The third-order valence-corrected chi connectivity index (χ3v) is 4.73. The molecular weight excluding hydrogens is 326 g/mol. The van der Waals surface area contributed by atoms with Gasteiger partial charge in [-0.2, -0.15) is 5.10 Å². The van der Waals surface area contributed by atoms with Gasteiger partial charge in [0.15, 0.2) is 5.82 Å². The molecule has 0 saturated heterocycles. The number of fused-ring (bicyclic) bond motifs is 2. The van der Waals surface area contributed by atoms with Gasteiger partial charge in [-0.3, -0.25) is 4.90 Å². The van der Waals surface area contributed by atoms with E-state index in [1.165, 1.54) is 17.5 Å². The zero-order valence-corrected chi connectivity index (χ0v) is 14.2. The second-order valence-electron chi connectivity index (χ2n) is 6.45. The first-order valence-electron chi connectivity index (χ1n) is 8.60. The lowest BCUT2D eigenvalue weighted by atomic mass is 10.1.